The molecule has 0 radical (unpaired) electrons. The Balaban J connectivity index is 2.20. The molecule has 0 bridgehead atoms. The predicted molar refractivity (Wildman–Crippen MR) is 79.8 cm³/mol. The Hall–Kier alpha value is -1.67. The summed E-state index contributed by atoms with van der Waals surface area (Å²) in [6, 6.07) is 1.60. The number of thioether (sulfide) groups is 2. The first-order valence-corrected chi connectivity index (χ1v) is 7.58. The minimum Gasteiger partial charge on any atom is -0.459 e. The van der Waals surface area contributed by atoms with Crippen LogP contribution in [0.5, 0.6) is 0 Å². The molecular formula is C12H13N3O3S2. The third kappa shape index (κ3) is 3.67. The summed E-state index contributed by atoms with van der Waals surface area (Å²) in [4.78, 5) is 24.3. The fraction of sp³-hybridized carbons (Fsp3) is 0.250. The van der Waals surface area contributed by atoms with Gasteiger partial charge in [-0.2, -0.15) is 5.10 Å². The van der Waals surface area contributed by atoms with Crippen LogP contribution in [-0.2, 0) is 14.3 Å². The summed E-state index contributed by atoms with van der Waals surface area (Å²) in [6.07, 6.45) is 1.29. The third-order valence-electron chi connectivity index (χ3n) is 2.13. The summed E-state index contributed by atoms with van der Waals surface area (Å²) in [7, 11) is 0. The van der Waals surface area contributed by atoms with Gasteiger partial charge in [0.2, 0.25) is 0 Å². The highest BCUT2D eigenvalue weighted by Crippen LogP contribution is 2.40. The Morgan fingerprint density at radius 1 is 1.35 bits per heavy atom. The molecule has 0 unspecified atom stereocenters. The fourth-order valence-electron chi connectivity index (χ4n) is 1.38. The molecule has 0 fully saturated rings. The number of esters is 1. The number of nitrogens with zero attached hydrogens (tertiary/aromatic N) is 1. The van der Waals surface area contributed by atoms with Gasteiger partial charge >= 0.3 is 5.97 Å². The third-order valence-corrected chi connectivity index (χ3v) is 4.26. The van der Waals surface area contributed by atoms with Crippen molar-refractivity contribution >= 4 is 41.2 Å². The minimum absolute atomic E-state index is 0.00157. The van der Waals surface area contributed by atoms with Gasteiger partial charge in [-0.15, -0.1) is 0 Å². The predicted octanol–water partition coefficient (Wildman–Crippen LogP) is 2.46. The molecule has 1 aliphatic heterocycles. The van der Waals surface area contributed by atoms with Crippen LogP contribution in [0.4, 0.5) is 5.82 Å². The molecule has 0 saturated carbocycles. The number of nitrogens with one attached hydrogen (secondary N) is 2. The lowest BCUT2D eigenvalue weighted by atomic mass is 10.3. The average molecular weight is 311 g/mol. The van der Waals surface area contributed by atoms with Crippen molar-refractivity contribution in [3.05, 3.63) is 32.9 Å². The van der Waals surface area contributed by atoms with E-state index in [-0.39, 0.29) is 11.7 Å². The Kier molecular flexibility index (Phi) is 4.91. The van der Waals surface area contributed by atoms with Crippen molar-refractivity contribution in [1.82, 2.24) is 10.2 Å². The molecule has 2 heterocycles. The van der Waals surface area contributed by atoms with Gasteiger partial charge in [-0.1, -0.05) is 23.5 Å². The Morgan fingerprint density at radius 2 is 2.05 bits per heavy atom. The summed E-state index contributed by atoms with van der Waals surface area (Å²) < 4.78 is 5.73. The van der Waals surface area contributed by atoms with Gasteiger partial charge < -0.3 is 10.1 Å². The van der Waals surface area contributed by atoms with Gasteiger partial charge in [0.05, 0.1) is 10.3 Å². The fourth-order valence-corrected chi connectivity index (χ4v) is 3.21. The van der Waals surface area contributed by atoms with Crippen molar-refractivity contribution in [2.45, 2.75) is 20.0 Å². The Bertz CT molecular complexity index is 555. The molecule has 1 amide bonds. The Labute approximate surface area is 124 Å². The number of H-pyrrole nitrogens is 1. The van der Waals surface area contributed by atoms with E-state index in [9.17, 15) is 9.59 Å². The summed E-state index contributed by atoms with van der Waals surface area (Å²) in [5.41, 5.74) is 0.00157. The van der Waals surface area contributed by atoms with Crippen LogP contribution in [0.2, 0.25) is 0 Å². The lowest BCUT2D eigenvalue weighted by Crippen LogP contribution is -2.25. The van der Waals surface area contributed by atoms with E-state index < -0.39 is 11.9 Å². The maximum Gasteiger partial charge on any atom is 0.345 e. The van der Waals surface area contributed by atoms with Crippen molar-refractivity contribution in [2.75, 3.05) is 5.32 Å². The van der Waals surface area contributed by atoms with Gasteiger partial charge in [-0.3, -0.25) is 9.89 Å². The maximum atomic E-state index is 12.2. The van der Waals surface area contributed by atoms with Crippen LogP contribution in [-0.4, -0.2) is 28.2 Å². The van der Waals surface area contributed by atoms with Crippen LogP contribution in [0.1, 0.15) is 13.8 Å². The maximum absolute atomic E-state index is 12.2. The number of carbonyl (C=O) groups is 2. The molecule has 20 heavy (non-hydrogen) atoms. The van der Waals surface area contributed by atoms with Crippen LogP contribution < -0.4 is 5.32 Å². The van der Waals surface area contributed by atoms with Crippen molar-refractivity contribution < 1.29 is 14.3 Å². The van der Waals surface area contributed by atoms with E-state index in [1.165, 1.54) is 23.5 Å². The first-order chi connectivity index (χ1) is 9.58. The van der Waals surface area contributed by atoms with Crippen molar-refractivity contribution in [3.8, 4) is 0 Å². The van der Waals surface area contributed by atoms with E-state index in [2.05, 4.69) is 15.5 Å². The van der Waals surface area contributed by atoms with E-state index in [1.54, 1.807) is 26.1 Å². The second-order valence-electron chi connectivity index (χ2n) is 4.04. The van der Waals surface area contributed by atoms with Crippen LogP contribution in [0.3, 0.4) is 0 Å². The van der Waals surface area contributed by atoms with Gasteiger partial charge in [-0.05, 0) is 24.7 Å². The van der Waals surface area contributed by atoms with E-state index in [1.807, 2.05) is 10.8 Å². The molecular weight excluding hydrogens is 298 g/mol. The highest BCUT2D eigenvalue weighted by molar-refractivity contribution is 8.27. The number of aromatic amines is 1. The molecule has 0 spiro atoms. The molecule has 1 aliphatic rings. The number of hydrogen-bond donors (Lipinski definition) is 2. The lowest BCUT2D eigenvalue weighted by molar-refractivity contribution is -0.143. The molecule has 0 aliphatic carbocycles. The second kappa shape index (κ2) is 6.67. The average Bonchev–Trinajstić information content (AvgIpc) is 3.01. The zero-order valence-electron chi connectivity index (χ0n) is 10.9. The number of aromatic nitrogens is 2. The molecule has 0 atom stereocenters. The zero-order chi connectivity index (χ0) is 14.5. The lowest BCUT2D eigenvalue weighted by Gasteiger charge is -2.12. The first-order valence-electron chi connectivity index (χ1n) is 5.82. The van der Waals surface area contributed by atoms with Gasteiger partial charge in [0.1, 0.15) is 5.57 Å². The van der Waals surface area contributed by atoms with Gasteiger partial charge in [0, 0.05) is 12.3 Å². The number of amides is 1. The van der Waals surface area contributed by atoms with Crippen LogP contribution in [0.15, 0.2) is 32.9 Å². The standard InChI is InChI=1S/C12H13N3O3S2/c1-7(2)18-11(17)9(12-19-5-6-20-12)10(16)14-8-3-4-13-15-8/h3-7H,1-2H3,(H2,13,14,15,16). The first kappa shape index (κ1) is 14.7. The van der Waals surface area contributed by atoms with Gasteiger partial charge in [0.15, 0.2) is 5.82 Å². The molecule has 8 heteroatoms. The second-order valence-corrected chi connectivity index (χ2v) is 6.13. The monoisotopic (exact) mass is 311 g/mol. The summed E-state index contributed by atoms with van der Waals surface area (Å²) in [6.45, 7) is 3.47. The summed E-state index contributed by atoms with van der Waals surface area (Å²) in [5, 5.41) is 12.6. The van der Waals surface area contributed by atoms with Gasteiger partial charge in [0.25, 0.3) is 5.91 Å². The molecule has 1 aromatic rings. The van der Waals surface area contributed by atoms with Crippen LogP contribution >= 0.6 is 23.5 Å². The highest BCUT2D eigenvalue weighted by Gasteiger charge is 2.27. The quantitative estimate of drug-likeness (QED) is 0.384. The van der Waals surface area contributed by atoms with Crippen molar-refractivity contribution in [2.24, 2.45) is 0 Å². The number of anilines is 1. The molecule has 2 N–H and O–H groups in total. The smallest absolute Gasteiger partial charge is 0.345 e. The van der Waals surface area contributed by atoms with Gasteiger partial charge in [-0.25, -0.2) is 4.79 Å². The molecule has 6 nitrogen and oxygen atoms in total. The van der Waals surface area contributed by atoms with E-state index >= 15 is 0 Å². The zero-order valence-corrected chi connectivity index (χ0v) is 12.5. The summed E-state index contributed by atoms with van der Waals surface area (Å²) in [5.74, 6) is -0.806. The number of rotatable bonds is 4. The SMILES string of the molecule is CC(C)OC(=O)C(C(=O)Nc1cc[nH]n1)=C1SC=CS1. The van der Waals surface area contributed by atoms with E-state index in [0.29, 0.717) is 10.1 Å². The molecule has 2 rings (SSSR count). The number of carbonyl (C=O) groups excluding carboxylic acids is 2. The molecule has 1 aromatic heterocycles. The highest BCUT2D eigenvalue weighted by atomic mass is 32.2. The normalized spacial score (nSPS) is 13.7. The molecule has 106 valence electrons. The van der Waals surface area contributed by atoms with Crippen molar-refractivity contribution in [3.63, 3.8) is 0 Å². The number of hydrogen-bond acceptors (Lipinski definition) is 6. The Morgan fingerprint density at radius 3 is 2.60 bits per heavy atom. The van der Waals surface area contributed by atoms with E-state index in [4.69, 9.17) is 4.74 Å². The minimum atomic E-state index is -0.633. The van der Waals surface area contributed by atoms with Crippen LogP contribution in [0, 0.1) is 0 Å². The summed E-state index contributed by atoms with van der Waals surface area (Å²) >= 11 is 2.64. The van der Waals surface area contributed by atoms with Crippen molar-refractivity contribution in [1.29, 1.82) is 0 Å². The van der Waals surface area contributed by atoms with E-state index in [0.717, 1.165) is 0 Å². The molecule has 0 saturated heterocycles. The van der Waals surface area contributed by atoms with Crippen LogP contribution in [0.25, 0.3) is 0 Å². The largest absolute Gasteiger partial charge is 0.459 e. The number of ether oxygens (including phenoxy) is 1. The topological polar surface area (TPSA) is 84.1 Å². The molecule has 0 aromatic carbocycles.